The molecular weight excluding hydrogens is 340 g/mol. The molecular formula is C21H26N4O2. The molecule has 142 valence electrons. The molecule has 4 rings (SSSR count). The third-order valence-corrected chi connectivity index (χ3v) is 5.86. The number of ether oxygens (including phenoxy) is 1. The van der Waals surface area contributed by atoms with Crippen molar-refractivity contribution >= 4 is 11.6 Å². The van der Waals surface area contributed by atoms with Gasteiger partial charge in [0.2, 0.25) is 0 Å². The predicted molar refractivity (Wildman–Crippen MR) is 104 cm³/mol. The average Bonchev–Trinajstić information content (AvgIpc) is 3.12. The maximum absolute atomic E-state index is 12.6. The molecule has 2 aliphatic heterocycles. The van der Waals surface area contributed by atoms with E-state index >= 15 is 0 Å². The monoisotopic (exact) mass is 366 g/mol. The molecule has 1 amide bonds. The molecule has 2 aliphatic rings. The van der Waals surface area contributed by atoms with Gasteiger partial charge in [0.15, 0.2) is 0 Å². The highest BCUT2D eigenvalue weighted by atomic mass is 16.5. The molecule has 2 saturated heterocycles. The molecule has 0 N–H and O–H groups in total. The Morgan fingerprint density at radius 3 is 2.59 bits per heavy atom. The molecule has 27 heavy (non-hydrogen) atoms. The lowest BCUT2D eigenvalue weighted by molar-refractivity contribution is -0.0389. The van der Waals surface area contributed by atoms with Crippen LogP contribution in [-0.2, 0) is 4.74 Å². The van der Waals surface area contributed by atoms with Gasteiger partial charge in [-0.25, -0.2) is 4.98 Å². The van der Waals surface area contributed by atoms with Crippen molar-refractivity contribution in [1.29, 1.82) is 0 Å². The zero-order valence-corrected chi connectivity index (χ0v) is 16.0. The molecule has 1 atom stereocenters. The Hall–Kier alpha value is -2.47. The van der Waals surface area contributed by atoms with Crippen LogP contribution in [0, 0.1) is 6.92 Å². The second-order valence-electron chi connectivity index (χ2n) is 7.63. The third kappa shape index (κ3) is 3.67. The fourth-order valence-corrected chi connectivity index (χ4v) is 4.07. The average molecular weight is 366 g/mol. The number of piperidine rings is 1. The van der Waals surface area contributed by atoms with E-state index in [1.165, 1.54) is 5.69 Å². The Morgan fingerprint density at radius 2 is 1.93 bits per heavy atom. The van der Waals surface area contributed by atoms with E-state index in [1.807, 2.05) is 17.9 Å². The van der Waals surface area contributed by atoms with Gasteiger partial charge in [0, 0.05) is 32.0 Å². The first-order chi connectivity index (χ1) is 13.1. The van der Waals surface area contributed by atoms with Crippen molar-refractivity contribution in [2.24, 2.45) is 0 Å². The van der Waals surface area contributed by atoms with Gasteiger partial charge in [-0.15, -0.1) is 0 Å². The summed E-state index contributed by atoms with van der Waals surface area (Å²) < 4.78 is 6.28. The summed E-state index contributed by atoms with van der Waals surface area (Å²) >= 11 is 0. The van der Waals surface area contributed by atoms with Crippen LogP contribution in [0.2, 0.25) is 0 Å². The van der Waals surface area contributed by atoms with Crippen LogP contribution >= 0.6 is 0 Å². The van der Waals surface area contributed by atoms with Crippen molar-refractivity contribution in [2.45, 2.75) is 37.8 Å². The molecule has 1 aromatic carbocycles. The summed E-state index contributed by atoms with van der Waals surface area (Å²) in [6.45, 7) is 4.02. The molecule has 3 heterocycles. The van der Waals surface area contributed by atoms with Crippen LogP contribution in [0.1, 0.15) is 35.4 Å². The number of carbonyl (C=O) groups excluding carboxylic acids is 1. The Labute approximate surface area is 160 Å². The number of para-hydroxylation sites is 1. The normalized spacial score (nSPS) is 21.4. The van der Waals surface area contributed by atoms with Gasteiger partial charge in [0.1, 0.15) is 5.69 Å². The van der Waals surface area contributed by atoms with E-state index in [-0.39, 0.29) is 11.5 Å². The number of aryl methyl sites for hydroxylation is 1. The summed E-state index contributed by atoms with van der Waals surface area (Å²) in [5.41, 5.74) is 2.35. The molecule has 1 spiro atoms. The lowest BCUT2D eigenvalue weighted by Crippen LogP contribution is -2.47. The number of hydrogen-bond donors (Lipinski definition) is 0. The minimum Gasteiger partial charge on any atom is -0.373 e. The molecule has 2 fully saturated rings. The van der Waals surface area contributed by atoms with E-state index < -0.39 is 0 Å². The van der Waals surface area contributed by atoms with E-state index in [1.54, 1.807) is 12.4 Å². The number of likely N-dealkylation sites (tertiary alicyclic amines) is 1. The summed E-state index contributed by atoms with van der Waals surface area (Å²) in [5, 5.41) is 0. The van der Waals surface area contributed by atoms with Crippen LogP contribution in [0.25, 0.3) is 0 Å². The first kappa shape index (κ1) is 17.9. The van der Waals surface area contributed by atoms with Gasteiger partial charge in [-0.1, -0.05) is 18.2 Å². The molecule has 6 heteroatoms. The van der Waals surface area contributed by atoms with Gasteiger partial charge < -0.3 is 14.5 Å². The van der Waals surface area contributed by atoms with E-state index in [9.17, 15) is 4.79 Å². The smallest absolute Gasteiger partial charge is 0.274 e. The van der Waals surface area contributed by atoms with Crippen molar-refractivity contribution in [1.82, 2.24) is 14.9 Å². The standard InChI is InChI=1S/C21H26N4O2/c1-16-13-23-19(14-22-16)20(26)25-10-8-21(9-11-25)12-18(15-27-21)24(2)17-6-4-3-5-7-17/h3-7,13-14,18H,8-12,15H2,1-2H3/t18-/m0/s1. The predicted octanol–water partition coefficient (Wildman–Crippen LogP) is 2.69. The summed E-state index contributed by atoms with van der Waals surface area (Å²) in [6.07, 6.45) is 5.96. The third-order valence-electron chi connectivity index (χ3n) is 5.86. The minimum absolute atomic E-state index is 0.0340. The molecule has 6 nitrogen and oxygen atoms in total. The Kier molecular flexibility index (Phi) is 4.83. The van der Waals surface area contributed by atoms with Gasteiger partial charge in [-0.3, -0.25) is 9.78 Å². The first-order valence-electron chi connectivity index (χ1n) is 9.56. The van der Waals surface area contributed by atoms with Crippen molar-refractivity contribution in [2.75, 3.05) is 31.6 Å². The lowest BCUT2D eigenvalue weighted by Gasteiger charge is -2.38. The van der Waals surface area contributed by atoms with Gasteiger partial charge in [-0.2, -0.15) is 0 Å². The van der Waals surface area contributed by atoms with Crippen LogP contribution in [0.15, 0.2) is 42.7 Å². The second kappa shape index (κ2) is 7.27. The number of aromatic nitrogens is 2. The number of anilines is 1. The fraction of sp³-hybridized carbons (Fsp3) is 0.476. The summed E-state index contributed by atoms with van der Waals surface area (Å²) in [6, 6.07) is 10.8. The van der Waals surface area contributed by atoms with E-state index in [0.717, 1.165) is 31.6 Å². The van der Waals surface area contributed by atoms with Crippen LogP contribution in [0.4, 0.5) is 5.69 Å². The Morgan fingerprint density at radius 1 is 1.19 bits per heavy atom. The molecule has 0 bridgehead atoms. The molecule has 0 unspecified atom stereocenters. The molecule has 0 aliphatic carbocycles. The number of carbonyl (C=O) groups is 1. The van der Waals surface area contributed by atoms with E-state index in [4.69, 9.17) is 4.74 Å². The van der Waals surface area contributed by atoms with Gasteiger partial charge >= 0.3 is 0 Å². The fourth-order valence-electron chi connectivity index (χ4n) is 4.07. The lowest BCUT2D eigenvalue weighted by atomic mass is 9.87. The minimum atomic E-state index is -0.108. The largest absolute Gasteiger partial charge is 0.373 e. The zero-order chi connectivity index (χ0) is 18.9. The van der Waals surface area contributed by atoms with Crippen molar-refractivity contribution in [3.05, 3.63) is 54.1 Å². The molecule has 1 aromatic heterocycles. The second-order valence-corrected chi connectivity index (χ2v) is 7.63. The van der Waals surface area contributed by atoms with Gasteiger partial charge in [0.05, 0.1) is 30.1 Å². The Bertz CT molecular complexity index is 786. The highest BCUT2D eigenvalue weighted by Gasteiger charge is 2.44. The number of hydrogen-bond acceptors (Lipinski definition) is 5. The maximum Gasteiger partial charge on any atom is 0.274 e. The SMILES string of the molecule is Cc1cnc(C(=O)N2CCC3(CC2)C[C@H](N(C)c2ccccc2)CO3)cn1. The number of likely N-dealkylation sites (N-methyl/N-ethyl adjacent to an activating group) is 1. The zero-order valence-electron chi connectivity index (χ0n) is 16.0. The first-order valence-corrected chi connectivity index (χ1v) is 9.56. The number of amides is 1. The summed E-state index contributed by atoms with van der Waals surface area (Å²) in [5.74, 6) is -0.0340. The van der Waals surface area contributed by atoms with Crippen molar-refractivity contribution < 1.29 is 9.53 Å². The number of rotatable bonds is 3. The topological polar surface area (TPSA) is 58.6 Å². The van der Waals surface area contributed by atoms with Crippen LogP contribution < -0.4 is 4.90 Å². The highest BCUT2D eigenvalue weighted by molar-refractivity contribution is 5.92. The Balaban J connectivity index is 1.36. The summed E-state index contributed by atoms with van der Waals surface area (Å²) in [4.78, 5) is 25.2. The number of nitrogens with zero attached hydrogens (tertiary/aromatic N) is 4. The van der Waals surface area contributed by atoms with Crippen LogP contribution in [0.5, 0.6) is 0 Å². The van der Waals surface area contributed by atoms with Crippen molar-refractivity contribution in [3.8, 4) is 0 Å². The summed E-state index contributed by atoms with van der Waals surface area (Å²) in [7, 11) is 2.14. The molecule has 0 radical (unpaired) electrons. The molecule has 2 aromatic rings. The van der Waals surface area contributed by atoms with E-state index in [2.05, 4.69) is 46.2 Å². The number of benzene rings is 1. The quantitative estimate of drug-likeness (QED) is 0.836. The van der Waals surface area contributed by atoms with Crippen LogP contribution in [0.3, 0.4) is 0 Å². The highest BCUT2D eigenvalue weighted by Crippen LogP contribution is 2.38. The maximum atomic E-state index is 12.6. The van der Waals surface area contributed by atoms with Gasteiger partial charge in [0.25, 0.3) is 5.91 Å². The van der Waals surface area contributed by atoms with Crippen molar-refractivity contribution in [3.63, 3.8) is 0 Å². The van der Waals surface area contributed by atoms with E-state index in [0.29, 0.717) is 24.8 Å². The van der Waals surface area contributed by atoms with Gasteiger partial charge in [-0.05, 0) is 38.3 Å². The molecule has 0 saturated carbocycles. The van der Waals surface area contributed by atoms with Crippen LogP contribution in [-0.4, -0.2) is 59.2 Å².